The Hall–Kier alpha value is -1.35. The summed E-state index contributed by atoms with van der Waals surface area (Å²) in [6, 6.07) is 7.60. The van der Waals surface area contributed by atoms with Crippen LogP contribution in [0, 0.1) is 0 Å². The third-order valence-corrected chi connectivity index (χ3v) is 2.41. The summed E-state index contributed by atoms with van der Waals surface area (Å²) in [6.07, 6.45) is 1.92. The lowest BCUT2D eigenvalue weighted by molar-refractivity contribution is -0.119. The van der Waals surface area contributed by atoms with E-state index in [9.17, 15) is 4.79 Å². The molecular formula is C14H20O3. The van der Waals surface area contributed by atoms with Crippen molar-refractivity contribution in [1.82, 2.24) is 0 Å². The second kappa shape index (κ2) is 7.85. The van der Waals surface area contributed by atoms with E-state index in [4.69, 9.17) is 9.47 Å². The van der Waals surface area contributed by atoms with Gasteiger partial charge >= 0.3 is 0 Å². The largest absolute Gasteiger partial charge is 0.497 e. The third-order valence-electron chi connectivity index (χ3n) is 2.41. The molecular weight excluding hydrogens is 216 g/mol. The maximum atomic E-state index is 11.7. The van der Waals surface area contributed by atoms with E-state index >= 15 is 0 Å². The van der Waals surface area contributed by atoms with Crippen LogP contribution in [0.2, 0.25) is 0 Å². The summed E-state index contributed by atoms with van der Waals surface area (Å²) in [6.45, 7) is 3.31. The van der Waals surface area contributed by atoms with Gasteiger partial charge in [0, 0.05) is 19.4 Å². The molecule has 3 nitrogen and oxygen atoms in total. The number of hydrogen-bond donors (Lipinski definition) is 0. The van der Waals surface area contributed by atoms with Gasteiger partial charge in [0.1, 0.15) is 11.5 Å². The molecule has 0 aliphatic carbocycles. The predicted molar refractivity (Wildman–Crippen MR) is 67.4 cm³/mol. The average molecular weight is 236 g/mol. The summed E-state index contributed by atoms with van der Waals surface area (Å²) < 4.78 is 10.4. The molecule has 0 fully saturated rings. The van der Waals surface area contributed by atoms with Crippen LogP contribution in [0.1, 0.15) is 25.3 Å². The molecule has 0 saturated carbocycles. The Balaban J connectivity index is 2.34. The van der Waals surface area contributed by atoms with Gasteiger partial charge in [-0.05, 0) is 24.1 Å². The first-order valence-electron chi connectivity index (χ1n) is 5.98. The van der Waals surface area contributed by atoms with E-state index in [1.165, 1.54) is 0 Å². The zero-order valence-corrected chi connectivity index (χ0v) is 10.6. The molecule has 0 aliphatic heterocycles. The van der Waals surface area contributed by atoms with Crippen LogP contribution in [0.25, 0.3) is 0 Å². The van der Waals surface area contributed by atoms with E-state index in [1.807, 2.05) is 24.3 Å². The first kappa shape index (κ1) is 13.7. The van der Waals surface area contributed by atoms with Crippen molar-refractivity contribution in [2.75, 3.05) is 20.3 Å². The Morgan fingerprint density at radius 2 is 2.12 bits per heavy atom. The summed E-state index contributed by atoms with van der Waals surface area (Å²) in [5.41, 5.74) is 0.991. The minimum Gasteiger partial charge on any atom is -0.497 e. The quantitative estimate of drug-likeness (QED) is 0.651. The lowest BCUT2D eigenvalue weighted by Crippen LogP contribution is -2.07. The number of ketones is 1. The van der Waals surface area contributed by atoms with Gasteiger partial charge in [-0.25, -0.2) is 0 Å². The molecule has 1 aromatic carbocycles. The number of rotatable bonds is 8. The monoisotopic (exact) mass is 236 g/mol. The molecule has 1 rings (SSSR count). The van der Waals surface area contributed by atoms with E-state index in [0.717, 1.165) is 24.3 Å². The van der Waals surface area contributed by atoms with Crippen molar-refractivity contribution in [2.45, 2.75) is 26.2 Å². The number of carbonyl (C=O) groups excluding carboxylic acids is 1. The number of ether oxygens (including phenoxy) is 2. The molecule has 3 heteroatoms. The summed E-state index contributed by atoms with van der Waals surface area (Å²) in [4.78, 5) is 11.7. The van der Waals surface area contributed by atoms with Crippen LogP contribution >= 0.6 is 0 Å². The van der Waals surface area contributed by atoms with Crippen molar-refractivity contribution >= 4 is 5.78 Å². The molecule has 0 radical (unpaired) electrons. The van der Waals surface area contributed by atoms with Gasteiger partial charge in [0.05, 0.1) is 13.7 Å². The molecule has 17 heavy (non-hydrogen) atoms. The van der Waals surface area contributed by atoms with Crippen LogP contribution in [-0.2, 0) is 16.0 Å². The van der Waals surface area contributed by atoms with Crippen LogP contribution in [0.4, 0.5) is 0 Å². The Morgan fingerprint density at radius 3 is 2.82 bits per heavy atom. The molecule has 0 bridgehead atoms. The van der Waals surface area contributed by atoms with Crippen molar-refractivity contribution < 1.29 is 14.3 Å². The number of methoxy groups -OCH3 is 1. The standard InChI is InChI=1S/C14H20O3/c1-3-8-17-9-7-13(15)10-12-5-4-6-14(11-12)16-2/h4-6,11H,3,7-10H2,1-2H3. The number of Topliss-reactive ketones (excluding diaryl/α,β-unsaturated/α-hetero) is 1. The second-order valence-corrected chi connectivity index (χ2v) is 3.93. The Labute approximate surface area is 103 Å². The summed E-state index contributed by atoms with van der Waals surface area (Å²) >= 11 is 0. The molecule has 0 aromatic heterocycles. The molecule has 1 aromatic rings. The fraction of sp³-hybridized carbons (Fsp3) is 0.500. The van der Waals surface area contributed by atoms with Gasteiger partial charge in [-0.15, -0.1) is 0 Å². The van der Waals surface area contributed by atoms with Gasteiger partial charge in [0.2, 0.25) is 0 Å². The Kier molecular flexibility index (Phi) is 6.33. The number of benzene rings is 1. The number of carbonyl (C=O) groups is 1. The Morgan fingerprint density at radius 1 is 1.29 bits per heavy atom. The minimum absolute atomic E-state index is 0.203. The van der Waals surface area contributed by atoms with E-state index in [-0.39, 0.29) is 5.78 Å². The lowest BCUT2D eigenvalue weighted by Gasteiger charge is -2.04. The second-order valence-electron chi connectivity index (χ2n) is 3.93. The molecule has 0 heterocycles. The van der Waals surface area contributed by atoms with Crippen molar-refractivity contribution in [3.63, 3.8) is 0 Å². The van der Waals surface area contributed by atoms with E-state index in [0.29, 0.717) is 19.4 Å². The van der Waals surface area contributed by atoms with Crippen molar-refractivity contribution in [1.29, 1.82) is 0 Å². The first-order valence-corrected chi connectivity index (χ1v) is 5.98. The van der Waals surface area contributed by atoms with Crippen LogP contribution < -0.4 is 4.74 Å². The van der Waals surface area contributed by atoms with Crippen LogP contribution in [0.15, 0.2) is 24.3 Å². The highest BCUT2D eigenvalue weighted by atomic mass is 16.5. The van der Waals surface area contributed by atoms with Crippen LogP contribution in [0.3, 0.4) is 0 Å². The molecule has 0 N–H and O–H groups in total. The number of hydrogen-bond acceptors (Lipinski definition) is 3. The normalized spacial score (nSPS) is 10.2. The maximum Gasteiger partial charge on any atom is 0.139 e. The molecule has 0 atom stereocenters. The summed E-state index contributed by atoms with van der Waals surface area (Å²) in [5, 5.41) is 0. The van der Waals surface area contributed by atoms with Crippen LogP contribution in [0.5, 0.6) is 5.75 Å². The van der Waals surface area contributed by atoms with Gasteiger partial charge in [0.15, 0.2) is 0 Å². The van der Waals surface area contributed by atoms with Gasteiger partial charge in [0.25, 0.3) is 0 Å². The first-order chi connectivity index (χ1) is 8.26. The molecule has 0 saturated heterocycles. The fourth-order valence-corrected chi connectivity index (χ4v) is 1.53. The van der Waals surface area contributed by atoms with Crippen LogP contribution in [-0.4, -0.2) is 26.1 Å². The topological polar surface area (TPSA) is 35.5 Å². The van der Waals surface area contributed by atoms with E-state index in [1.54, 1.807) is 7.11 Å². The predicted octanol–water partition coefficient (Wildman–Crippen LogP) is 2.62. The summed E-state index contributed by atoms with van der Waals surface area (Å²) in [5.74, 6) is 0.992. The molecule has 0 amide bonds. The molecule has 94 valence electrons. The molecule has 0 aliphatic rings. The van der Waals surface area contributed by atoms with E-state index < -0.39 is 0 Å². The minimum atomic E-state index is 0.203. The summed E-state index contributed by atoms with van der Waals surface area (Å²) in [7, 11) is 1.62. The van der Waals surface area contributed by atoms with Crippen molar-refractivity contribution in [3.05, 3.63) is 29.8 Å². The van der Waals surface area contributed by atoms with Gasteiger partial charge in [-0.2, -0.15) is 0 Å². The lowest BCUT2D eigenvalue weighted by atomic mass is 10.1. The van der Waals surface area contributed by atoms with Gasteiger partial charge in [-0.1, -0.05) is 19.1 Å². The van der Waals surface area contributed by atoms with Crippen molar-refractivity contribution in [3.8, 4) is 5.75 Å². The molecule has 0 unspecified atom stereocenters. The maximum absolute atomic E-state index is 11.7. The van der Waals surface area contributed by atoms with E-state index in [2.05, 4.69) is 6.92 Å². The Bertz CT molecular complexity index is 347. The smallest absolute Gasteiger partial charge is 0.139 e. The van der Waals surface area contributed by atoms with Crippen molar-refractivity contribution in [2.24, 2.45) is 0 Å². The highest BCUT2D eigenvalue weighted by molar-refractivity contribution is 5.81. The van der Waals surface area contributed by atoms with Gasteiger partial charge < -0.3 is 9.47 Å². The SMILES string of the molecule is CCCOCCC(=O)Cc1cccc(OC)c1. The van der Waals surface area contributed by atoms with Gasteiger partial charge in [-0.3, -0.25) is 4.79 Å². The highest BCUT2D eigenvalue weighted by Gasteiger charge is 2.04. The third kappa shape index (κ3) is 5.50. The fourth-order valence-electron chi connectivity index (χ4n) is 1.53. The highest BCUT2D eigenvalue weighted by Crippen LogP contribution is 2.13. The molecule has 0 spiro atoms. The average Bonchev–Trinajstić information content (AvgIpc) is 2.35. The zero-order chi connectivity index (χ0) is 12.5. The zero-order valence-electron chi connectivity index (χ0n) is 10.6.